The number of aryl methyl sites for hydroxylation is 1. The average Bonchev–Trinajstić information content (AvgIpc) is 3.28. The Hall–Kier alpha value is -3.74. The maximum atomic E-state index is 12.4. The van der Waals surface area contributed by atoms with Crippen molar-refractivity contribution >= 4 is 17.8 Å². The fourth-order valence-corrected chi connectivity index (χ4v) is 3.52. The van der Waals surface area contributed by atoms with Gasteiger partial charge in [0.15, 0.2) is 0 Å². The number of hydrogen-bond acceptors (Lipinski definition) is 6. The lowest BCUT2D eigenvalue weighted by Crippen LogP contribution is -2.48. The molecule has 0 spiro atoms. The maximum Gasteiger partial charge on any atom is 0.326 e. The topological polar surface area (TPSA) is 177 Å². The molecule has 3 atom stereocenters. The number of carbonyl (C=O) groups excluding carboxylic acids is 2. The van der Waals surface area contributed by atoms with Gasteiger partial charge in [-0.2, -0.15) is 5.26 Å². The normalized spacial score (nSPS) is 17.9. The predicted molar refractivity (Wildman–Crippen MR) is 122 cm³/mol. The van der Waals surface area contributed by atoms with E-state index in [0.29, 0.717) is 24.9 Å². The fourth-order valence-electron chi connectivity index (χ4n) is 3.52. The second kappa shape index (κ2) is 12.3. The molecular weight excluding hydrogens is 422 g/mol. The molecule has 1 fully saturated rings. The lowest BCUT2D eigenvalue weighted by molar-refractivity contribution is -0.148. The molecule has 174 valence electrons. The van der Waals surface area contributed by atoms with E-state index in [1.54, 1.807) is 24.3 Å². The number of carboxylic acid groups (broad SMARTS) is 1. The number of amides is 2. The molecule has 0 bridgehead atoms. The molecule has 1 heterocycles. The number of benzene rings is 2. The summed E-state index contributed by atoms with van der Waals surface area (Å²) < 4.78 is 0. The van der Waals surface area contributed by atoms with Crippen LogP contribution >= 0.6 is 0 Å². The molecule has 3 rings (SSSR count). The third kappa shape index (κ3) is 7.42. The molecule has 0 radical (unpaired) electrons. The number of carboxylic acids is 1. The smallest absolute Gasteiger partial charge is 0.326 e. The number of primary amides is 1. The Bertz CT molecular complexity index is 988. The van der Waals surface area contributed by atoms with Crippen molar-refractivity contribution in [2.75, 3.05) is 6.54 Å². The fraction of sp³-hybridized carbons (Fsp3) is 0.333. The third-order valence-corrected chi connectivity index (χ3v) is 5.43. The Morgan fingerprint density at radius 2 is 1.73 bits per heavy atom. The molecule has 0 aromatic heterocycles. The molecule has 1 unspecified atom stereocenters. The van der Waals surface area contributed by atoms with Gasteiger partial charge in [0.05, 0.1) is 18.0 Å². The Labute approximate surface area is 192 Å². The Morgan fingerprint density at radius 1 is 1.09 bits per heavy atom. The Balaban J connectivity index is 0.000000294. The zero-order valence-corrected chi connectivity index (χ0v) is 18.3. The highest BCUT2D eigenvalue weighted by molar-refractivity contribution is 5.92. The number of rotatable bonds is 7. The number of nitriles is 1. The van der Waals surface area contributed by atoms with Crippen LogP contribution in [0.4, 0.5) is 0 Å². The summed E-state index contributed by atoms with van der Waals surface area (Å²) in [4.78, 5) is 35.4. The number of carbonyl (C=O) groups is 3. The first-order valence-corrected chi connectivity index (χ1v) is 10.6. The highest BCUT2D eigenvalue weighted by atomic mass is 16.4. The monoisotopic (exact) mass is 451 g/mol. The van der Waals surface area contributed by atoms with Crippen LogP contribution in [0.2, 0.25) is 0 Å². The van der Waals surface area contributed by atoms with Gasteiger partial charge in [0.25, 0.3) is 0 Å². The largest absolute Gasteiger partial charge is 0.480 e. The van der Waals surface area contributed by atoms with Gasteiger partial charge in [-0.25, -0.2) is 4.79 Å². The summed E-state index contributed by atoms with van der Waals surface area (Å²) in [5, 5.41) is 18.1. The number of nitrogens with two attached hydrogens (primary N) is 3. The van der Waals surface area contributed by atoms with Gasteiger partial charge in [-0.1, -0.05) is 42.5 Å². The highest BCUT2D eigenvalue weighted by Gasteiger charge is 2.41. The average molecular weight is 452 g/mol. The van der Waals surface area contributed by atoms with Crippen molar-refractivity contribution in [3.63, 3.8) is 0 Å². The summed E-state index contributed by atoms with van der Waals surface area (Å²) in [7, 11) is 0. The zero-order valence-electron chi connectivity index (χ0n) is 18.3. The Kier molecular flexibility index (Phi) is 9.54. The standard InChI is InChI=1S/C16H19N3O3.C8H10N2O/c17-9-12-8-14(16(21)22)19(10-12)15(20)13(18)7-6-11-4-2-1-3-5-11;9-5-6-1-3-7(4-2-6)8(10)11/h1-5,12-14H,6-8,10,18H2,(H,21,22);1-4H,5,9H2,(H2,10,11)/t12-,13?,14-;/m0./s1. The van der Waals surface area contributed by atoms with Crippen LogP contribution in [0.15, 0.2) is 54.6 Å². The molecule has 0 aliphatic carbocycles. The van der Waals surface area contributed by atoms with Crippen molar-refractivity contribution in [2.45, 2.75) is 37.9 Å². The van der Waals surface area contributed by atoms with Crippen LogP contribution in [0.1, 0.15) is 34.3 Å². The lowest BCUT2D eigenvalue weighted by atomic mass is 10.0. The molecule has 1 aliphatic heterocycles. The minimum absolute atomic E-state index is 0.144. The molecule has 0 saturated carbocycles. The zero-order chi connectivity index (χ0) is 24.4. The molecule has 9 nitrogen and oxygen atoms in total. The molecule has 1 aliphatic rings. The molecule has 33 heavy (non-hydrogen) atoms. The van der Waals surface area contributed by atoms with Crippen molar-refractivity contribution in [3.8, 4) is 6.07 Å². The summed E-state index contributed by atoms with van der Waals surface area (Å²) in [6.07, 6.45) is 1.27. The number of aliphatic carboxylic acids is 1. The first-order valence-electron chi connectivity index (χ1n) is 10.6. The first kappa shape index (κ1) is 25.5. The summed E-state index contributed by atoms with van der Waals surface area (Å²) in [5.41, 5.74) is 18.9. The summed E-state index contributed by atoms with van der Waals surface area (Å²) in [6, 6.07) is 16.9. The van der Waals surface area contributed by atoms with E-state index >= 15 is 0 Å². The van der Waals surface area contributed by atoms with Crippen molar-refractivity contribution in [1.82, 2.24) is 4.90 Å². The highest BCUT2D eigenvalue weighted by Crippen LogP contribution is 2.24. The molecule has 1 saturated heterocycles. The van der Waals surface area contributed by atoms with Gasteiger partial charge in [0, 0.05) is 18.7 Å². The third-order valence-electron chi connectivity index (χ3n) is 5.43. The summed E-state index contributed by atoms with van der Waals surface area (Å²) >= 11 is 0. The molecule has 2 aromatic rings. The maximum absolute atomic E-state index is 12.4. The van der Waals surface area contributed by atoms with E-state index < -0.39 is 29.9 Å². The van der Waals surface area contributed by atoms with Crippen LogP contribution < -0.4 is 17.2 Å². The van der Waals surface area contributed by atoms with Gasteiger partial charge < -0.3 is 27.2 Å². The van der Waals surface area contributed by atoms with Crippen molar-refractivity contribution in [3.05, 3.63) is 71.3 Å². The molecule has 7 N–H and O–H groups in total. The second-order valence-corrected chi connectivity index (χ2v) is 7.80. The van der Waals surface area contributed by atoms with Crippen molar-refractivity contribution in [1.29, 1.82) is 5.26 Å². The number of hydrogen-bond donors (Lipinski definition) is 4. The number of nitrogens with zero attached hydrogens (tertiary/aromatic N) is 2. The van der Waals surface area contributed by atoms with E-state index in [9.17, 15) is 19.5 Å². The van der Waals surface area contributed by atoms with Crippen LogP contribution in [0.3, 0.4) is 0 Å². The number of likely N-dealkylation sites (tertiary alicyclic amines) is 1. The van der Waals surface area contributed by atoms with Gasteiger partial charge in [0.1, 0.15) is 6.04 Å². The Morgan fingerprint density at radius 3 is 2.24 bits per heavy atom. The molecular formula is C24H29N5O4. The van der Waals surface area contributed by atoms with E-state index in [1.807, 2.05) is 36.4 Å². The van der Waals surface area contributed by atoms with Gasteiger partial charge >= 0.3 is 5.97 Å². The second-order valence-electron chi connectivity index (χ2n) is 7.80. The van der Waals surface area contributed by atoms with Crippen LogP contribution in [0, 0.1) is 17.2 Å². The van der Waals surface area contributed by atoms with E-state index in [2.05, 4.69) is 0 Å². The summed E-state index contributed by atoms with van der Waals surface area (Å²) in [6.45, 7) is 0.629. The van der Waals surface area contributed by atoms with Crippen LogP contribution in [-0.2, 0) is 22.6 Å². The predicted octanol–water partition coefficient (Wildman–Crippen LogP) is 1.02. The van der Waals surface area contributed by atoms with Crippen LogP contribution in [0.5, 0.6) is 0 Å². The van der Waals surface area contributed by atoms with Gasteiger partial charge in [-0.15, -0.1) is 0 Å². The molecule has 2 amide bonds. The van der Waals surface area contributed by atoms with Gasteiger partial charge in [-0.3, -0.25) is 9.59 Å². The van der Waals surface area contributed by atoms with E-state index in [4.69, 9.17) is 22.5 Å². The minimum Gasteiger partial charge on any atom is -0.480 e. The van der Waals surface area contributed by atoms with Crippen molar-refractivity contribution in [2.24, 2.45) is 23.1 Å². The van der Waals surface area contributed by atoms with E-state index in [1.165, 1.54) is 4.90 Å². The van der Waals surface area contributed by atoms with Crippen LogP contribution in [0.25, 0.3) is 0 Å². The van der Waals surface area contributed by atoms with Crippen LogP contribution in [-0.4, -0.2) is 46.4 Å². The first-order chi connectivity index (χ1) is 15.8. The molecule has 9 heteroatoms. The summed E-state index contributed by atoms with van der Waals surface area (Å²) in [5.74, 6) is -2.32. The van der Waals surface area contributed by atoms with E-state index in [-0.39, 0.29) is 18.9 Å². The van der Waals surface area contributed by atoms with Gasteiger partial charge in [0.2, 0.25) is 11.8 Å². The minimum atomic E-state index is -1.08. The lowest BCUT2D eigenvalue weighted by Gasteiger charge is -2.24. The quantitative estimate of drug-likeness (QED) is 0.485. The van der Waals surface area contributed by atoms with Gasteiger partial charge in [-0.05, 0) is 42.5 Å². The van der Waals surface area contributed by atoms with Crippen molar-refractivity contribution < 1.29 is 19.5 Å². The SMILES string of the molecule is N#C[C@@H]1C[C@@H](C(=O)O)N(C(=O)C(N)CCc2ccccc2)C1.NCc1ccc(C(N)=O)cc1. The molecule has 2 aromatic carbocycles. The van der Waals surface area contributed by atoms with E-state index in [0.717, 1.165) is 11.1 Å².